The van der Waals surface area contributed by atoms with E-state index < -0.39 is 0 Å². The molecule has 1 aromatic heterocycles. The van der Waals surface area contributed by atoms with Crippen molar-refractivity contribution in [2.75, 3.05) is 0 Å². The van der Waals surface area contributed by atoms with Crippen molar-refractivity contribution in [2.24, 2.45) is 0 Å². The van der Waals surface area contributed by atoms with Crippen molar-refractivity contribution < 1.29 is 0 Å². The van der Waals surface area contributed by atoms with Gasteiger partial charge in [0, 0.05) is 5.38 Å². The fraction of sp³-hybridized carbons (Fsp3) is 0.857. The van der Waals surface area contributed by atoms with Crippen LogP contribution in [-0.2, 0) is 0 Å². The molecule has 2 rings (SSSR count). The molecule has 1 fully saturated rings. The van der Waals surface area contributed by atoms with Gasteiger partial charge in [-0.2, -0.15) is 0 Å². The van der Waals surface area contributed by atoms with Gasteiger partial charge in [-0.15, -0.1) is 16.7 Å². The Morgan fingerprint density at radius 3 is 3.00 bits per heavy atom. The lowest BCUT2D eigenvalue weighted by Gasteiger charge is -2.24. The summed E-state index contributed by atoms with van der Waals surface area (Å²) in [6.45, 7) is 0. The van der Waals surface area contributed by atoms with Crippen LogP contribution in [0.5, 0.6) is 0 Å². The van der Waals surface area contributed by atoms with E-state index in [1.54, 1.807) is 6.33 Å². The summed E-state index contributed by atoms with van der Waals surface area (Å²) in [7, 11) is 0. The minimum Gasteiger partial charge on any atom is -0.229 e. The summed E-state index contributed by atoms with van der Waals surface area (Å²) in [5.74, 6) is 0. The van der Waals surface area contributed by atoms with Gasteiger partial charge in [0.05, 0.1) is 6.04 Å². The van der Waals surface area contributed by atoms with E-state index in [1.807, 2.05) is 4.68 Å². The lowest BCUT2D eigenvalue weighted by Crippen LogP contribution is -2.19. The molecular formula is C7H11ClN4. The lowest BCUT2D eigenvalue weighted by atomic mass is 9.95. The highest BCUT2D eigenvalue weighted by molar-refractivity contribution is 6.20. The quantitative estimate of drug-likeness (QED) is 0.623. The van der Waals surface area contributed by atoms with E-state index >= 15 is 0 Å². The zero-order valence-corrected chi connectivity index (χ0v) is 7.48. The molecule has 12 heavy (non-hydrogen) atoms. The van der Waals surface area contributed by atoms with E-state index in [2.05, 4.69) is 15.5 Å². The molecule has 0 saturated heterocycles. The van der Waals surface area contributed by atoms with Crippen molar-refractivity contribution in [1.82, 2.24) is 20.2 Å². The molecular weight excluding hydrogens is 176 g/mol. The molecule has 0 radical (unpaired) electrons. The summed E-state index contributed by atoms with van der Waals surface area (Å²) in [6, 6.07) is 0.413. The van der Waals surface area contributed by atoms with E-state index in [9.17, 15) is 0 Å². The predicted molar refractivity (Wildman–Crippen MR) is 45.0 cm³/mol. The van der Waals surface area contributed by atoms with Gasteiger partial charge < -0.3 is 0 Å². The number of rotatable bonds is 1. The molecule has 0 amide bonds. The van der Waals surface area contributed by atoms with Gasteiger partial charge in [-0.3, -0.25) is 0 Å². The minimum atomic E-state index is 0.299. The second-order valence-electron chi connectivity index (χ2n) is 3.21. The van der Waals surface area contributed by atoms with Gasteiger partial charge in [0.2, 0.25) is 0 Å². The molecule has 1 aliphatic carbocycles. The summed E-state index contributed by atoms with van der Waals surface area (Å²) in [5.41, 5.74) is 0. The van der Waals surface area contributed by atoms with Crippen molar-refractivity contribution in [3.63, 3.8) is 0 Å². The summed E-state index contributed by atoms with van der Waals surface area (Å²) in [4.78, 5) is 0. The van der Waals surface area contributed by atoms with E-state index in [0.717, 1.165) is 19.3 Å². The maximum atomic E-state index is 6.05. The van der Waals surface area contributed by atoms with E-state index in [4.69, 9.17) is 11.6 Å². The monoisotopic (exact) mass is 186 g/mol. The molecule has 1 saturated carbocycles. The molecule has 0 spiro atoms. The first-order valence-corrected chi connectivity index (χ1v) is 4.66. The van der Waals surface area contributed by atoms with Crippen LogP contribution in [0.2, 0.25) is 0 Å². The van der Waals surface area contributed by atoms with Crippen LogP contribution < -0.4 is 0 Å². The Labute approximate surface area is 75.9 Å². The van der Waals surface area contributed by atoms with Crippen LogP contribution in [0.1, 0.15) is 31.7 Å². The number of alkyl halides is 1. The maximum Gasteiger partial charge on any atom is 0.138 e. The normalized spacial score (nSPS) is 30.4. The van der Waals surface area contributed by atoms with Crippen LogP contribution in [-0.4, -0.2) is 25.6 Å². The number of hydrogen-bond donors (Lipinski definition) is 0. The minimum absolute atomic E-state index is 0.299. The van der Waals surface area contributed by atoms with Crippen LogP contribution in [0.15, 0.2) is 6.33 Å². The molecule has 66 valence electrons. The molecule has 1 aliphatic rings. The predicted octanol–water partition coefficient (Wildman–Crippen LogP) is 1.40. The van der Waals surface area contributed by atoms with Gasteiger partial charge in [0.15, 0.2) is 0 Å². The van der Waals surface area contributed by atoms with Crippen LogP contribution in [0.4, 0.5) is 0 Å². The zero-order chi connectivity index (χ0) is 8.39. The standard InChI is InChI=1S/C7H11ClN4/c8-6-2-1-3-7(4-6)12-5-9-10-11-12/h5-7H,1-4H2. The Balaban J connectivity index is 2.04. The van der Waals surface area contributed by atoms with Crippen molar-refractivity contribution in [2.45, 2.75) is 37.1 Å². The Morgan fingerprint density at radius 2 is 2.33 bits per heavy atom. The zero-order valence-electron chi connectivity index (χ0n) is 6.73. The second-order valence-corrected chi connectivity index (χ2v) is 3.82. The molecule has 2 unspecified atom stereocenters. The fourth-order valence-electron chi connectivity index (χ4n) is 1.68. The Hall–Kier alpha value is -0.640. The highest BCUT2D eigenvalue weighted by Crippen LogP contribution is 2.30. The fourth-order valence-corrected chi connectivity index (χ4v) is 2.04. The van der Waals surface area contributed by atoms with E-state index in [1.165, 1.54) is 6.42 Å². The molecule has 0 aromatic carbocycles. The van der Waals surface area contributed by atoms with Gasteiger partial charge in [-0.05, 0) is 36.1 Å². The van der Waals surface area contributed by atoms with Gasteiger partial charge in [0.25, 0.3) is 0 Å². The highest BCUT2D eigenvalue weighted by atomic mass is 35.5. The van der Waals surface area contributed by atoms with Crippen LogP contribution in [0.25, 0.3) is 0 Å². The Morgan fingerprint density at radius 1 is 1.42 bits per heavy atom. The smallest absolute Gasteiger partial charge is 0.138 e. The molecule has 2 atom stereocenters. The molecule has 1 aromatic rings. The molecule has 0 N–H and O–H groups in total. The SMILES string of the molecule is ClC1CCCC(n2cnnn2)C1. The van der Waals surface area contributed by atoms with Gasteiger partial charge in [0.1, 0.15) is 6.33 Å². The number of aromatic nitrogens is 4. The first kappa shape index (κ1) is 7.98. The third kappa shape index (κ3) is 1.58. The third-order valence-electron chi connectivity index (χ3n) is 2.32. The molecule has 4 nitrogen and oxygen atoms in total. The first-order valence-electron chi connectivity index (χ1n) is 4.23. The first-order chi connectivity index (χ1) is 5.86. The van der Waals surface area contributed by atoms with Crippen molar-refractivity contribution in [1.29, 1.82) is 0 Å². The lowest BCUT2D eigenvalue weighted by molar-refractivity contribution is 0.328. The molecule has 0 aliphatic heterocycles. The van der Waals surface area contributed by atoms with E-state index in [-0.39, 0.29) is 0 Å². The van der Waals surface area contributed by atoms with Crippen molar-refractivity contribution in [3.05, 3.63) is 6.33 Å². The highest BCUT2D eigenvalue weighted by Gasteiger charge is 2.21. The Bertz CT molecular complexity index is 236. The van der Waals surface area contributed by atoms with E-state index in [0.29, 0.717) is 11.4 Å². The summed E-state index contributed by atoms with van der Waals surface area (Å²) < 4.78 is 1.81. The maximum absolute atomic E-state index is 6.05. The summed E-state index contributed by atoms with van der Waals surface area (Å²) in [5, 5.41) is 11.4. The van der Waals surface area contributed by atoms with Gasteiger partial charge in [-0.1, -0.05) is 0 Å². The van der Waals surface area contributed by atoms with Crippen molar-refractivity contribution in [3.8, 4) is 0 Å². The number of nitrogens with zero attached hydrogens (tertiary/aromatic N) is 4. The van der Waals surface area contributed by atoms with Crippen LogP contribution in [0.3, 0.4) is 0 Å². The average molecular weight is 187 g/mol. The van der Waals surface area contributed by atoms with Crippen LogP contribution >= 0.6 is 11.6 Å². The number of halogens is 1. The van der Waals surface area contributed by atoms with Gasteiger partial charge >= 0.3 is 0 Å². The largest absolute Gasteiger partial charge is 0.229 e. The van der Waals surface area contributed by atoms with Crippen LogP contribution in [0, 0.1) is 0 Å². The summed E-state index contributed by atoms with van der Waals surface area (Å²) >= 11 is 6.05. The average Bonchev–Trinajstić information content (AvgIpc) is 2.56. The number of tetrazole rings is 1. The Kier molecular flexibility index (Phi) is 2.26. The summed E-state index contributed by atoms with van der Waals surface area (Å²) in [6.07, 6.45) is 6.11. The van der Waals surface area contributed by atoms with Gasteiger partial charge in [-0.25, -0.2) is 4.68 Å². The topological polar surface area (TPSA) is 43.6 Å². The second kappa shape index (κ2) is 3.39. The molecule has 0 bridgehead atoms. The molecule has 5 heteroatoms. The number of hydrogen-bond acceptors (Lipinski definition) is 3. The molecule has 1 heterocycles. The third-order valence-corrected chi connectivity index (χ3v) is 2.72. The van der Waals surface area contributed by atoms with Crippen molar-refractivity contribution >= 4 is 11.6 Å².